The maximum Gasteiger partial charge on any atom is 0.305 e. The van der Waals surface area contributed by atoms with Crippen molar-refractivity contribution in [1.29, 1.82) is 0 Å². The van der Waals surface area contributed by atoms with Crippen LogP contribution in [0.3, 0.4) is 0 Å². The molecule has 0 aromatic heterocycles. The molecule has 0 amide bonds. The molecule has 0 unspecified atom stereocenters. The minimum atomic E-state index is -0.683. The quantitative estimate of drug-likeness (QED) is 0.0413. The predicted octanol–water partition coefficient (Wildman–Crippen LogP) is 4.41. The molecule has 21 heteroatoms. The topological polar surface area (TPSA) is 235 Å². The molecular weight excluding hydrogens is 822 g/mol. The number of hydrogen-bond donors (Lipinski definition) is 1. The van der Waals surface area contributed by atoms with E-state index in [0.29, 0.717) is 158 Å². The predicted molar refractivity (Wildman–Crippen MR) is 227 cm³/mol. The molecule has 1 N–H and O–H groups in total. The third-order valence-corrected chi connectivity index (χ3v) is 8.27. The summed E-state index contributed by atoms with van der Waals surface area (Å²) in [6.45, 7) is 13.1. The van der Waals surface area contributed by atoms with Gasteiger partial charge in [-0.3, -0.25) is 25.0 Å². The summed E-state index contributed by atoms with van der Waals surface area (Å²) in [5.74, 6) is -0.155. The van der Waals surface area contributed by atoms with Gasteiger partial charge in [0.05, 0.1) is 174 Å². The number of rotatable bonds is 49. The van der Waals surface area contributed by atoms with Crippen LogP contribution in [0.5, 0.6) is 0 Å². The zero-order valence-electron chi connectivity index (χ0n) is 36.8. The first-order valence-electron chi connectivity index (χ1n) is 21.7. The Morgan fingerprint density at radius 3 is 1.16 bits per heavy atom. The van der Waals surface area contributed by atoms with E-state index in [-0.39, 0.29) is 42.8 Å². The number of anilines is 1. The molecule has 0 spiro atoms. The largest absolute Gasteiger partial charge is 0.463 e. The Morgan fingerprint density at radius 2 is 0.806 bits per heavy atom. The summed E-state index contributed by atoms with van der Waals surface area (Å²) in [4.78, 5) is 32.3. The van der Waals surface area contributed by atoms with Crippen LogP contribution < -0.4 is 5.32 Å². The van der Waals surface area contributed by atoms with Crippen LogP contribution in [0.2, 0.25) is 0 Å². The van der Waals surface area contributed by atoms with Gasteiger partial charge in [0.25, 0.3) is 11.4 Å². The maximum atomic E-state index is 11.7. The highest BCUT2D eigenvalue weighted by Gasteiger charge is 2.19. The van der Waals surface area contributed by atoms with Crippen molar-refractivity contribution in [2.24, 2.45) is 0 Å². The third kappa shape index (κ3) is 37.4. The highest BCUT2D eigenvalue weighted by Crippen LogP contribution is 2.28. The number of carbonyl (C=O) groups is 1. The fraction of sp³-hybridized carbons (Fsp3) is 0.829. The summed E-state index contributed by atoms with van der Waals surface area (Å²) in [5.41, 5.74) is -0.537. The summed E-state index contributed by atoms with van der Waals surface area (Å²) in [7, 11) is 0. The van der Waals surface area contributed by atoms with Crippen LogP contribution in [-0.2, 0) is 66.4 Å². The summed E-state index contributed by atoms with van der Waals surface area (Å²) in [6, 6.07) is 3.42. The van der Waals surface area contributed by atoms with Gasteiger partial charge < -0.3 is 66.9 Å². The van der Waals surface area contributed by atoms with Crippen LogP contribution in [0.1, 0.15) is 51.9 Å². The van der Waals surface area contributed by atoms with Crippen molar-refractivity contribution >= 4 is 23.0 Å². The van der Waals surface area contributed by atoms with E-state index in [0.717, 1.165) is 18.9 Å². The molecule has 0 atom stereocenters. The molecule has 0 radical (unpaired) electrons. The SMILES string of the molecule is CCCCCCCCC(=O)OCCOCCOCCOCCOCCOCCOCCOCCOCCOCCOCCOCCOCCNc1ccc([N+](=O)[O-])cc1[N+](=O)[O-]. The van der Waals surface area contributed by atoms with Gasteiger partial charge in [-0.05, 0) is 12.5 Å². The van der Waals surface area contributed by atoms with Gasteiger partial charge in [0.1, 0.15) is 12.3 Å². The number of nitrogens with zero attached hydrogens (tertiary/aromatic N) is 2. The van der Waals surface area contributed by atoms with E-state index >= 15 is 0 Å². The first kappa shape index (κ1) is 56.8. The molecule has 0 aliphatic carbocycles. The van der Waals surface area contributed by atoms with Gasteiger partial charge in [-0.25, -0.2) is 0 Å². The highest BCUT2D eigenvalue weighted by molar-refractivity contribution is 5.69. The molecule has 0 bridgehead atoms. The fourth-order valence-corrected chi connectivity index (χ4v) is 5.05. The number of nitro benzene ring substituents is 2. The maximum absolute atomic E-state index is 11.7. The zero-order valence-corrected chi connectivity index (χ0v) is 36.8. The summed E-state index contributed by atoms with van der Waals surface area (Å²) >= 11 is 0. The molecule has 0 saturated carbocycles. The molecule has 0 aliphatic heterocycles. The van der Waals surface area contributed by atoms with Gasteiger partial charge in [-0.2, -0.15) is 0 Å². The number of ether oxygens (including phenoxy) is 13. The van der Waals surface area contributed by atoms with E-state index in [4.69, 9.17) is 61.6 Å². The Balaban J connectivity index is 1.68. The summed E-state index contributed by atoms with van der Waals surface area (Å²) in [5, 5.41) is 24.8. The standard InChI is InChI=1S/C41H73N3O18/c1-2-3-4-5-6-7-8-41(45)62-36-35-61-34-33-60-32-31-59-30-29-58-28-27-57-26-25-56-24-23-55-22-21-54-20-19-53-18-17-52-16-15-51-14-13-50-12-11-42-39-10-9-38(43(46)47)37-40(39)44(48)49/h9-10,37,42H,2-8,11-36H2,1H3. The van der Waals surface area contributed by atoms with Crippen LogP contribution in [0.25, 0.3) is 0 Å². The molecule has 0 aliphatic rings. The van der Waals surface area contributed by atoms with Crippen molar-refractivity contribution in [1.82, 2.24) is 0 Å². The van der Waals surface area contributed by atoms with Gasteiger partial charge >= 0.3 is 5.97 Å². The number of esters is 1. The van der Waals surface area contributed by atoms with Crippen LogP contribution in [0, 0.1) is 20.2 Å². The number of unbranched alkanes of at least 4 members (excludes halogenated alkanes) is 5. The van der Waals surface area contributed by atoms with E-state index in [1.54, 1.807) is 0 Å². The number of carbonyl (C=O) groups excluding carboxylic acids is 1. The monoisotopic (exact) mass is 895 g/mol. The fourth-order valence-electron chi connectivity index (χ4n) is 5.05. The molecule has 1 aromatic rings. The lowest BCUT2D eigenvalue weighted by Gasteiger charge is -2.09. The lowest BCUT2D eigenvalue weighted by Crippen LogP contribution is -2.16. The number of non-ortho nitro benzene ring substituents is 1. The van der Waals surface area contributed by atoms with Crippen LogP contribution >= 0.6 is 0 Å². The van der Waals surface area contributed by atoms with E-state index in [1.807, 2.05) is 0 Å². The normalized spacial score (nSPS) is 11.3. The molecule has 1 rings (SSSR count). The first-order valence-corrected chi connectivity index (χ1v) is 21.7. The molecule has 0 fully saturated rings. The van der Waals surface area contributed by atoms with Crippen molar-refractivity contribution in [2.45, 2.75) is 51.9 Å². The Morgan fingerprint density at radius 1 is 0.468 bits per heavy atom. The smallest absolute Gasteiger partial charge is 0.305 e. The molecule has 1 aromatic carbocycles. The van der Waals surface area contributed by atoms with Crippen molar-refractivity contribution in [2.75, 3.05) is 177 Å². The van der Waals surface area contributed by atoms with Crippen molar-refractivity contribution in [3.05, 3.63) is 38.4 Å². The Bertz CT molecular complexity index is 1200. The van der Waals surface area contributed by atoms with Crippen LogP contribution in [0.15, 0.2) is 18.2 Å². The van der Waals surface area contributed by atoms with E-state index < -0.39 is 9.85 Å². The minimum absolute atomic E-state index is 0.155. The molecule has 0 saturated heterocycles. The summed E-state index contributed by atoms with van der Waals surface area (Å²) < 4.78 is 70.8. The number of nitrogens with one attached hydrogen (secondary N) is 1. The molecular formula is C41H73N3O18. The van der Waals surface area contributed by atoms with Gasteiger partial charge in [-0.15, -0.1) is 0 Å². The average molecular weight is 896 g/mol. The average Bonchev–Trinajstić information content (AvgIpc) is 3.26. The zero-order chi connectivity index (χ0) is 44.8. The Labute approximate surface area is 366 Å². The van der Waals surface area contributed by atoms with E-state index in [2.05, 4.69) is 12.2 Å². The number of hydrogen-bond acceptors (Lipinski definition) is 19. The lowest BCUT2D eigenvalue weighted by atomic mass is 10.1. The van der Waals surface area contributed by atoms with Crippen molar-refractivity contribution in [3.63, 3.8) is 0 Å². The van der Waals surface area contributed by atoms with E-state index in [1.165, 1.54) is 37.8 Å². The Hall–Kier alpha value is -3.19. The second-order valence-corrected chi connectivity index (χ2v) is 13.2. The first-order chi connectivity index (χ1) is 30.5. The highest BCUT2D eigenvalue weighted by atomic mass is 16.6. The van der Waals surface area contributed by atoms with Gasteiger partial charge in [0, 0.05) is 19.0 Å². The van der Waals surface area contributed by atoms with Gasteiger partial charge in [0.15, 0.2) is 0 Å². The second kappa shape index (κ2) is 44.4. The summed E-state index contributed by atoms with van der Waals surface area (Å²) in [6.07, 6.45) is 7.35. The van der Waals surface area contributed by atoms with E-state index in [9.17, 15) is 25.0 Å². The van der Waals surface area contributed by atoms with Gasteiger partial charge in [0.2, 0.25) is 0 Å². The second-order valence-electron chi connectivity index (χ2n) is 13.2. The molecule has 360 valence electrons. The Kier molecular flexibility index (Phi) is 40.7. The van der Waals surface area contributed by atoms with Crippen molar-refractivity contribution < 1.29 is 76.2 Å². The van der Waals surface area contributed by atoms with Crippen molar-refractivity contribution in [3.8, 4) is 0 Å². The molecule has 21 nitrogen and oxygen atoms in total. The number of benzene rings is 1. The number of nitro groups is 2. The van der Waals surface area contributed by atoms with Gasteiger partial charge in [-0.1, -0.05) is 39.0 Å². The minimum Gasteiger partial charge on any atom is -0.463 e. The van der Waals surface area contributed by atoms with Crippen LogP contribution in [-0.4, -0.2) is 188 Å². The third-order valence-electron chi connectivity index (χ3n) is 8.27. The van der Waals surface area contributed by atoms with Crippen LogP contribution in [0.4, 0.5) is 17.1 Å². The molecule has 62 heavy (non-hydrogen) atoms. The molecule has 0 heterocycles. The lowest BCUT2D eigenvalue weighted by molar-refractivity contribution is -0.393.